The van der Waals surface area contributed by atoms with Gasteiger partial charge in [0.15, 0.2) is 6.23 Å². The summed E-state index contributed by atoms with van der Waals surface area (Å²) in [5, 5.41) is 16.0. The Balaban J connectivity index is 0.000000232. The molecule has 0 bridgehead atoms. The Morgan fingerprint density at radius 3 is 2.10 bits per heavy atom. The Hall–Kier alpha value is -2.62. The van der Waals surface area contributed by atoms with Crippen LogP contribution in [0.3, 0.4) is 0 Å². The van der Waals surface area contributed by atoms with Gasteiger partial charge in [0, 0.05) is 24.0 Å². The Morgan fingerprint density at radius 1 is 1.07 bits per heavy atom. The highest BCUT2D eigenvalue weighted by Gasteiger charge is 2.40. The number of hydrogen-bond acceptors (Lipinski definition) is 7. The highest BCUT2D eigenvalue weighted by molar-refractivity contribution is 8.00. The van der Waals surface area contributed by atoms with E-state index in [1.54, 1.807) is 23.9 Å². The van der Waals surface area contributed by atoms with Crippen LogP contribution in [0.15, 0.2) is 29.2 Å². The van der Waals surface area contributed by atoms with Gasteiger partial charge >= 0.3 is 5.97 Å². The number of nitrogens with one attached hydrogen (secondary N) is 2. The van der Waals surface area contributed by atoms with E-state index in [1.807, 2.05) is 6.92 Å². The van der Waals surface area contributed by atoms with Gasteiger partial charge in [0.25, 0.3) is 5.69 Å². The van der Waals surface area contributed by atoms with E-state index in [0.29, 0.717) is 0 Å². The molecule has 4 atom stereocenters. The minimum absolute atomic E-state index is 0.0110. The molecule has 30 heavy (non-hydrogen) atoms. The zero-order chi connectivity index (χ0) is 22.3. The molecule has 0 radical (unpaired) electrons. The number of nitro groups is 1. The molecule has 2 fully saturated rings. The third-order valence-corrected chi connectivity index (χ3v) is 6.02. The summed E-state index contributed by atoms with van der Waals surface area (Å²) in [5.74, 6) is -0.311. The molecular weight excluding hydrogens is 410 g/mol. The molecule has 4 unspecified atom stereocenters. The maximum absolute atomic E-state index is 11.4. The first-order valence-electron chi connectivity index (χ1n) is 9.95. The smallest absolute Gasteiger partial charge is 0.304 e. The molecule has 2 saturated heterocycles. The summed E-state index contributed by atoms with van der Waals surface area (Å²) >= 11 is 1.55. The second-order valence-corrected chi connectivity index (χ2v) is 8.34. The number of carbonyl (C=O) groups excluding carboxylic acids is 3. The number of non-ortho nitro benzene ring substituents is 1. The van der Waals surface area contributed by atoms with Gasteiger partial charge in [-0.2, -0.15) is 0 Å². The van der Waals surface area contributed by atoms with Gasteiger partial charge in [-0.1, -0.05) is 26.7 Å². The number of nitrogens with zero attached hydrogens (tertiary/aromatic N) is 1. The first-order valence-corrected chi connectivity index (χ1v) is 10.8. The SMILES string of the molecule is CCCC1C(=O)NC1OC(C)=O.CCCC1C(=O)NC1Sc1ccc([N+](=O)[O-])cc1. The van der Waals surface area contributed by atoms with Crippen LogP contribution in [0.4, 0.5) is 5.69 Å². The molecule has 1 aromatic carbocycles. The van der Waals surface area contributed by atoms with Crippen molar-refractivity contribution in [2.75, 3.05) is 0 Å². The Kier molecular flexibility index (Phi) is 8.64. The van der Waals surface area contributed by atoms with E-state index in [-0.39, 0.29) is 46.9 Å². The third kappa shape index (κ3) is 6.19. The van der Waals surface area contributed by atoms with E-state index in [2.05, 4.69) is 17.6 Å². The second-order valence-electron chi connectivity index (χ2n) is 7.13. The molecule has 2 aliphatic rings. The number of hydrogen-bond donors (Lipinski definition) is 2. The second kappa shape index (κ2) is 11.0. The number of esters is 1. The fourth-order valence-electron chi connectivity index (χ4n) is 3.16. The van der Waals surface area contributed by atoms with Gasteiger partial charge in [0.2, 0.25) is 11.8 Å². The third-order valence-electron chi connectivity index (χ3n) is 4.78. The molecule has 9 nitrogen and oxygen atoms in total. The number of β-lactam (4-membered cyclic amide) rings is 2. The van der Waals surface area contributed by atoms with Gasteiger partial charge in [0.1, 0.15) is 0 Å². The van der Waals surface area contributed by atoms with E-state index < -0.39 is 4.92 Å². The zero-order valence-electron chi connectivity index (χ0n) is 17.3. The van der Waals surface area contributed by atoms with Gasteiger partial charge in [-0.3, -0.25) is 24.5 Å². The molecule has 3 rings (SSSR count). The molecule has 10 heteroatoms. The molecule has 0 aliphatic carbocycles. The maximum atomic E-state index is 11.4. The van der Waals surface area contributed by atoms with Crippen molar-refractivity contribution in [1.29, 1.82) is 0 Å². The zero-order valence-corrected chi connectivity index (χ0v) is 18.1. The van der Waals surface area contributed by atoms with Crippen LogP contribution in [-0.2, 0) is 19.1 Å². The predicted molar refractivity (Wildman–Crippen MR) is 111 cm³/mol. The van der Waals surface area contributed by atoms with E-state index in [4.69, 9.17) is 4.74 Å². The fraction of sp³-hybridized carbons (Fsp3) is 0.550. The number of thioether (sulfide) groups is 1. The molecule has 0 spiro atoms. The fourth-order valence-corrected chi connectivity index (χ4v) is 4.35. The highest BCUT2D eigenvalue weighted by Crippen LogP contribution is 2.34. The van der Waals surface area contributed by atoms with Gasteiger partial charge in [-0.25, -0.2) is 0 Å². The van der Waals surface area contributed by atoms with E-state index >= 15 is 0 Å². The molecule has 2 amide bonds. The summed E-state index contributed by atoms with van der Waals surface area (Å²) < 4.78 is 4.85. The lowest BCUT2D eigenvalue weighted by Crippen LogP contribution is -2.59. The van der Waals surface area contributed by atoms with Crippen molar-refractivity contribution < 1.29 is 24.0 Å². The van der Waals surface area contributed by atoms with Crippen LogP contribution in [0, 0.1) is 22.0 Å². The molecule has 2 aliphatic heterocycles. The summed E-state index contributed by atoms with van der Waals surface area (Å²) in [7, 11) is 0. The monoisotopic (exact) mass is 437 g/mol. The lowest BCUT2D eigenvalue weighted by Gasteiger charge is -2.36. The van der Waals surface area contributed by atoms with Crippen molar-refractivity contribution in [1.82, 2.24) is 10.6 Å². The van der Waals surface area contributed by atoms with Crippen molar-refractivity contribution >= 4 is 35.2 Å². The quantitative estimate of drug-likeness (QED) is 0.277. The van der Waals surface area contributed by atoms with Crippen LogP contribution in [0.25, 0.3) is 0 Å². The number of nitro benzene ring substituents is 1. The van der Waals surface area contributed by atoms with Crippen LogP contribution in [0.1, 0.15) is 46.5 Å². The minimum Gasteiger partial charge on any atom is -0.441 e. The molecule has 0 aromatic heterocycles. The average Bonchev–Trinajstić information content (AvgIpc) is 2.70. The van der Waals surface area contributed by atoms with Crippen molar-refractivity contribution in [2.45, 2.75) is 63.0 Å². The first-order chi connectivity index (χ1) is 14.3. The minimum atomic E-state index is -0.417. The highest BCUT2D eigenvalue weighted by atomic mass is 32.2. The molecule has 2 heterocycles. The standard InChI is InChI=1S/C12H14N2O3S.C8H13NO3/c1-2-3-10-11(15)13-12(10)18-9-6-4-8(5-7-9)14(16)17;1-3-4-6-7(11)9-8(6)12-5(2)10/h4-7,10,12H,2-3H2,1H3,(H,13,15);6,8H,3-4H2,1-2H3,(H,9,11). The lowest BCUT2D eigenvalue weighted by molar-refractivity contribution is -0.384. The van der Waals surface area contributed by atoms with Gasteiger partial charge < -0.3 is 15.4 Å². The van der Waals surface area contributed by atoms with Crippen LogP contribution in [0.5, 0.6) is 0 Å². The van der Waals surface area contributed by atoms with Crippen molar-refractivity contribution in [3.8, 4) is 0 Å². The number of benzene rings is 1. The lowest BCUT2D eigenvalue weighted by atomic mass is 9.94. The Bertz CT molecular complexity index is 785. The van der Waals surface area contributed by atoms with Crippen LogP contribution < -0.4 is 10.6 Å². The van der Waals surface area contributed by atoms with Gasteiger partial charge in [-0.05, 0) is 25.0 Å². The van der Waals surface area contributed by atoms with Gasteiger partial charge in [-0.15, -0.1) is 11.8 Å². The van der Waals surface area contributed by atoms with Crippen LogP contribution in [0.2, 0.25) is 0 Å². The summed E-state index contributed by atoms with van der Waals surface area (Å²) in [6.07, 6.45) is 3.20. The number of amides is 2. The molecule has 1 aromatic rings. The molecule has 0 saturated carbocycles. The van der Waals surface area contributed by atoms with E-state index in [0.717, 1.165) is 30.6 Å². The summed E-state index contributed by atoms with van der Waals surface area (Å²) in [4.78, 5) is 43.8. The number of ether oxygens (including phenoxy) is 1. The molecular formula is C20H27N3O6S. The van der Waals surface area contributed by atoms with Crippen molar-refractivity contribution in [3.05, 3.63) is 34.4 Å². The molecule has 164 valence electrons. The van der Waals surface area contributed by atoms with E-state index in [9.17, 15) is 24.5 Å². The summed E-state index contributed by atoms with van der Waals surface area (Å²) in [6, 6.07) is 6.40. The number of rotatable bonds is 8. The Labute approximate surface area is 179 Å². The maximum Gasteiger partial charge on any atom is 0.304 e. The summed E-state index contributed by atoms with van der Waals surface area (Å²) in [6.45, 7) is 5.39. The Morgan fingerprint density at radius 2 is 1.63 bits per heavy atom. The molecule has 2 N–H and O–H groups in total. The normalized spacial score (nSPS) is 24.2. The topological polar surface area (TPSA) is 128 Å². The van der Waals surface area contributed by atoms with Crippen molar-refractivity contribution in [3.63, 3.8) is 0 Å². The van der Waals surface area contributed by atoms with Crippen LogP contribution in [-0.4, -0.2) is 34.3 Å². The predicted octanol–water partition coefficient (Wildman–Crippen LogP) is 2.98. The summed E-state index contributed by atoms with van der Waals surface area (Å²) in [5.41, 5.74) is 0.0853. The number of carbonyl (C=O) groups is 3. The van der Waals surface area contributed by atoms with E-state index in [1.165, 1.54) is 19.1 Å². The van der Waals surface area contributed by atoms with Crippen molar-refractivity contribution in [2.24, 2.45) is 11.8 Å². The first kappa shape index (κ1) is 23.7. The van der Waals surface area contributed by atoms with Crippen LogP contribution >= 0.6 is 11.8 Å². The average molecular weight is 438 g/mol. The largest absolute Gasteiger partial charge is 0.441 e. The van der Waals surface area contributed by atoms with Gasteiger partial charge in [0.05, 0.1) is 22.1 Å².